The van der Waals surface area contributed by atoms with Crippen LogP contribution in [0.15, 0.2) is 60.0 Å². The van der Waals surface area contributed by atoms with E-state index in [1.807, 2.05) is 22.7 Å². The largest absolute Gasteiger partial charge is 0.142 e. The summed E-state index contributed by atoms with van der Waals surface area (Å²) in [5.41, 5.74) is 0. The highest BCUT2D eigenvalue weighted by Crippen LogP contribution is 2.39. The van der Waals surface area contributed by atoms with Crippen molar-refractivity contribution in [3.8, 4) is 0 Å². The van der Waals surface area contributed by atoms with E-state index in [1.165, 1.54) is 41.0 Å². The molecule has 0 aliphatic heterocycles. The minimum Gasteiger partial charge on any atom is -0.142 e. The smallest absolute Gasteiger partial charge is 0.0529 e. The molecule has 0 atom stereocenters. The van der Waals surface area contributed by atoms with Crippen molar-refractivity contribution in [1.82, 2.24) is 0 Å². The van der Waals surface area contributed by atoms with Crippen molar-refractivity contribution in [1.29, 1.82) is 0 Å². The lowest BCUT2D eigenvalue weighted by Crippen LogP contribution is -1.76. The van der Waals surface area contributed by atoms with Gasteiger partial charge in [-0.15, -0.1) is 22.7 Å². The molecule has 0 spiro atoms. The molecule has 0 radical (unpaired) electrons. The number of thiophene rings is 2. The molecule has 0 unspecified atom stereocenters. The van der Waals surface area contributed by atoms with E-state index in [1.54, 1.807) is 0 Å². The first-order valence-corrected chi connectivity index (χ1v) is 8.30. The Hall–Kier alpha value is -1.90. The topological polar surface area (TPSA) is 0 Å². The Bertz CT molecular complexity index is 1100. The van der Waals surface area contributed by atoms with E-state index in [0.29, 0.717) is 0 Å². The van der Waals surface area contributed by atoms with Crippen molar-refractivity contribution in [2.24, 2.45) is 0 Å². The Morgan fingerprint density at radius 2 is 1.40 bits per heavy atom. The summed E-state index contributed by atoms with van der Waals surface area (Å²) in [5, 5.41) is 8.90. The van der Waals surface area contributed by atoms with Crippen LogP contribution < -0.4 is 0 Å². The van der Waals surface area contributed by atoms with E-state index < -0.39 is 0 Å². The van der Waals surface area contributed by atoms with E-state index in [2.05, 4.69) is 60.0 Å². The molecule has 2 heteroatoms. The number of fused-ring (bicyclic) bond motifs is 5. The maximum absolute atomic E-state index is 2.35. The maximum atomic E-state index is 2.35. The third kappa shape index (κ3) is 1.41. The summed E-state index contributed by atoms with van der Waals surface area (Å²) in [6.07, 6.45) is 0. The van der Waals surface area contributed by atoms with Crippen LogP contribution in [0.1, 0.15) is 0 Å². The van der Waals surface area contributed by atoms with Crippen LogP contribution in [0.25, 0.3) is 41.0 Å². The molecule has 20 heavy (non-hydrogen) atoms. The zero-order chi connectivity index (χ0) is 13.1. The summed E-state index contributed by atoms with van der Waals surface area (Å²) in [5.74, 6) is 0. The van der Waals surface area contributed by atoms with Gasteiger partial charge < -0.3 is 0 Å². The second-order valence-electron chi connectivity index (χ2n) is 5.11. The van der Waals surface area contributed by atoms with Gasteiger partial charge in [-0.05, 0) is 57.3 Å². The van der Waals surface area contributed by atoms with Crippen LogP contribution in [0.2, 0.25) is 0 Å². The molecule has 2 aromatic heterocycles. The lowest BCUT2D eigenvalue weighted by molar-refractivity contribution is 1.80. The zero-order valence-electron chi connectivity index (χ0n) is 10.6. The van der Waals surface area contributed by atoms with Gasteiger partial charge in [0.1, 0.15) is 0 Å². The Balaban J connectivity index is 2.01. The summed E-state index contributed by atoms with van der Waals surface area (Å²) in [6, 6.07) is 20.1. The van der Waals surface area contributed by atoms with Gasteiger partial charge in [0.25, 0.3) is 0 Å². The van der Waals surface area contributed by atoms with Crippen LogP contribution in [0.4, 0.5) is 0 Å². The van der Waals surface area contributed by atoms with Gasteiger partial charge in [-0.2, -0.15) is 0 Å². The van der Waals surface area contributed by atoms with Crippen molar-refractivity contribution in [2.75, 3.05) is 0 Å². The van der Waals surface area contributed by atoms with E-state index in [-0.39, 0.29) is 0 Å². The van der Waals surface area contributed by atoms with Gasteiger partial charge in [0, 0.05) is 14.8 Å². The quantitative estimate of drug-likeness (QED) is 0.289. The molecule has 0 saturated carbocycles. The Morgan fingerprint density at radius 3 is 2.20 bits per heavy atom. The highest BCUT2D eigenvalue weighted by molar-refractivity contribution is 7.32. The fraction of sp³-hybridized carbons (Fsp3) is 0. The first kappa shape index (κ1) is 10.8. The number of hydrogen-bond donors (Lipinski definition) is 0. The van der Waals surface area contributed by atoms with Crippen LogP contribution in [0, 0.1) is 0 Å². The molecule has 0 amide bonds. The highest BCUT2D eigenvalue weighted by atomic mass is 32.1. The molecule has 2 heterocycles. The van der Waals surface area contributed by atoms with Gasteiger partial charge in [0.05, 0.1) is 4.70 Å². The van der Waals surface area contributed by atoms with E-state index in [4.69, 9.17) is 0 Å². The monoisotopic (exact) mass is 290 g/mol. The molecule has 5 rings (SSSR count). The van der Waals surface area contributed by atoms with Crippen LogP contribution in [0.3, 0.4) is 0 Å². The number of benzene rings is 3. The fourth-order valence-corrected chi connectivity index (χ4v) is 5.20. The highest BCUT2D eigenvalue weighted by Gasteiger charge is 2.08. The normalized spacial score (nSPS) is 12.0. The molecule has 94 valence electrons. The van der Waals surface area contributed by atoms with E-state index in [9.17, 15) is 0 Å². The van der Waals surface area contributed by atoms with Crippen molar-refractivity contribution in [3.05, 3.63) is 60.0 Å². The van der Waals surface area contributed by atoms with Crippen LogP contribution >= 0.6 is 22.7 Å². The van der Waals surface area contributed by atoms with E-state index >= 15 is 0 Å². The molecule has 5 aromatic rings. The molecule has 0 bridgehead atoms. The maximum Gasteiger partial charge on any atom is 0.0529 e. The molecule has 0 aliphatic carbocycles. The summed E-state index contributed by atoms with van der Waals surface area (Å²) < 4.78 is 4.24. The molecule has 3 aromatic carbocycles. The summed E-state index contributed by atoms with van der Waals surface area (Å²) in [6.45, 7) is 0. The van der Waals surface area contributed by atoms with Crippen LogP contribution in [-0.4, -0.2) is 0 Å². The van der Waals surface area contributed by atoms with Gasteiger partial charge in [0.15, 0.2) is 0 Å². The van der Waals surface area contributed by atoms with Gasteiger partial charge in [0.2, 0.25) is 0 Å². The summed E-state index contributed by atoms with van der Waals surface area (Å²) in [4.78, 5) is 0. The molecular formula is C18H10S2. The Morgan fingerprint density at radius 1 is 0.650 bits per heavy atom. The predicted octanol–water partition coefficient (Wildman–Crippen LogP) is 6.42. The Labute approximate surface area is 123 Å². The molecule has 0 saturated heterocycles. The van der Waals surface area contributed by atoms with Gasteiger partial charge >= 0.3 is 0 Å². The van der Waals surface area contributed by atoms with Gasteiger partial charge in [-0.3, -0.25) is 0 Å². The molecular weight excluding hydrogens is 280 g/mol. The third-order valence-corrected chi connectivity index (χ3v) is 6.09. The first-order chi connectivity index (χ1) is 9.88. The van der Waals surface area contributed by atoms with Crippen molar-refractivity contribution in [2.45, 2.75) is 0 Å². The van der Waals surface area contributed by atoms with Gasteiger partial charge in [-0.1, -0.05) is 24.3 Å². The third-order valence-electron chi connectivity index (χ3n) is 3.90. The SMILES string of the molecule is c1ccc2cc3cc4c(cc3cc2c1)sc1ccsc14. The van der Waals surface area contributed by atoms with E-state index in [0.717, 1.165) is 0 Å². The van der Waals surface area contributed by atoms with Crippen molar-refractivity contribution < 1.29 is 0 Å². The molecule has 0 N–H and O–H groups in total. The van der Waals surface area contributed by atoms with Crippen molar-refractivity contribution >= 4 is 63.7 Å². The Kier molecular flexibility index (Phi) is 2.07. The lowest BCUT2D eigenvalue weighted by atomic mass is 10.0. The number of rotatable bonds is 0. The van der Waals surface area contributed by atoms with Crippen LogP contribution in [-0.2, 0) is 0 Å². The first-order valence-electron chi connectivity index (χ1n) is 6.61. The second kappa shape index (κ2) is 3.81. The standard InChI is InChI=1S/C18H10S2/c1-2-4-12-8-14-10-17-15(9-13(14)7-11(12)3-1)18-16(20-17)5-6-19-18/h1-10H. The predicted molar refractivity (Wildman–Crippen MR) is 92.2 cm³/mol. The van der Waals surface area contributed by atoms with Crippen molar-refractivity contribution in [3.63, 3.8) is 0 Å². The molecule has 0 nitrogen and oxygen atoms in total. The number of hydrogen-bond acceptors (Lipinski definition) is 2. The molecule has 0 aliphatic rings. The summed E-state index contributed by atoms with van der Waals surface area (Å²) >= 11 is 3.75. The van der Waals surface area contributed by atoms with Gasteiger partial charge in [-0.25, -0.2) is 0 Å². The average Bonchev–Trinajstić information content (AvgIpc) is 3.03. The fourth-order valence-electron chi connectivity index (χ4n) is 2.93. The zero-order valence-corrected chi connectivity index (χ0v) is 12.2. The minimum atomic E-state index is 1.32. The lowest BCUT2D eigenvalue weighted by Gasteiger charge is -2.02. The summed E-state index contributed by atoms with van der Waals surface area (Å²) in [7, 11) is 0. The molecule has 0 fully saturated rings. The second-order valence-corrected chi connectivity index (χ2v) is 7.11. The average molecular weight is 290 g/mol. The van der Waals surface area contributed by atoms with Crippen LogP contribution in [0.5, 0.6) is 0 Å². The minimum absolute atomic E-state index is 1.32.